The van der Waals surface area contributed by atoms with Gasteiger partial charge in [0, 0.05) is 60.6 Å². The van der Waals surface area contributed by atoms with Gasteiger partial charge in [-0.3, -0.25) is 14.1 Å². The Morgan fingerprint density at radius 2 is 2.04 bits per heavy atom. The number of nitrogens with zero attached hydrogens (tertiary/aromatic N) is 2. The Morgan fingerprint density at radius 3 is 2.65 bits per heavy atom. The normalized spacial score (nSPS) is 28.0. The molecule has 4 unspecified atom stereocenters. The van der Waals surface area contributed by atoms with Gasteiger partial charge < -0.3 is 15.4 Å². The average Bonchev–Trinajstić information content (AvgIpc) is 2.67. The molecule has 0 amide bonds. The number of guanidine groups is 1. The summed E-state index contributed by atoms with van der Waals surface area (Å²) in [6.45, 7) is 11.1. The van der Waals surface area contributed by atoms with Crippen LogP contribution in [0.1, 0.15) is 46.5 Å². The lowest BCUT2D eigenvalue weighted by Gasteiger charge is -2.37. The predicted octanol–water partition coefficient (Wildman–Crippen LogP) is 1.59. The molecule has 0 bridgehead atoms. The molecule has 26 heavy (non-hydrogen) atoms. The third-order valence-corrected chi connectivity index (χ3v) is 7.35. The summed E-state index contributed by atoms with van der Waals surface area (Å²) < 4.78 is 17.6. The van der Waals surface area contributed by atoms with E-state index in [9.17, 15) is 4.21 Å². The number of ether oxygens (including phenoxy) is 1. The van der Waals surface area contributed by atoms with Crippen molar-refractivity contribution >= 4 is 16.8 Å². The van der Waals surface area contributed by atoms with Crippen LogP contribution in [0.3, 0.4) is 0 Å². The molecule has 0 radical (unpaired) electrons. The summed E-state index contributed by atoms with van der Waals surface area (Å²) in [5, 5.41) is 7.44. The van der Waals surface area contributed by atoms with Gasteiger partial charge in [-0.25, -0.2) is 0 Å². The predicted molar refractivity (Wildman–Crippen MR) is 110 cm³/mol. The molecule has 2 aliphatic rings. The van der Waals surface area contributed by atoms with Crippen LogP contribution in [-0.2, 0) is 15.5 Å². The van der Waals surface area contributed by atoms with E-state index in [2.05, 4.69) is 34.4 Å². The Balaban J connectivity index is 1.85. The van der Waals surface area contributed by atoms with Crippen molar-refractivity contribution in [3.8, 4) is 0 Å². The van der Waals surface area contributed by atoms with Crippen molar-refractivity contribution in [3.63, 3.8) is 0 Å². The number of nitrogens with one attached hydrogen (secondary N) is 2. The number of rotatable bonds is 7. The van der Waals surface area contributed by atoms with E-state index in [0.717, 1.165) is 70.2 Å². The molecule has 1 saturated heterocycles. The third-order valence-electron chi connectivity index (χ3n) is 5.61. The summed E-state index contributed by atoms with van der Waals surface area (Å²) in [6, 6.07) is 0.848. The maximum Gasteiger partial charge on any atom is 0.191 e. The monoisotopic (exact) mass is 386 g/mol. The standard InChI is InChI=1S/C19H38N4O2S/c1-5-26(24)17-8-6-7-16(13-17)22-19(20-4)21-14-18(15(2)3)23-9-11-25-12-10-23/h15-18H,5-14H2,1-4H3,(H2,20,21,22). The molecule has 1 saturated carbocycles. The molecule has 0 aromatic rings. The van der Waals surface area contributed by atoms with Crippen LogP contribution in [0.15, 0.2) is 4.99 Å². The fraction of sp³-hybridized carbons (Fsp3) is 0.947. The molecule has 1 aliphatic carbocycles. The van der Waals surface area contributed by atoms with Crippen molar-refractivity contribution in [2.45, 2.75) is 63.8 Å². The van der Waals surface area contributed by atoms with Gasteiger partial charge in [-0.15, -0.1) is 0 Å². The van der Waals surface area contributed by atoms with Gasteiger partial charge in [0.05, 0.1) is 13.2 Å². The SMILES string of the molecule is CCS(=O)C1CCCC(NC(=NC)NCC(C(C)C)N2CCOCC2)C1. The summed E-state index contributed by atoms with van der Waals surface area (Å²) in [7, 11) is 1.14. The van der Waals surface area contributed by atoms with Gasteiger partial charge in [-0.1, -0.05) is 27.2 Å². The number of hydrogen-bond acceptors (Lipinski definition) is 4. The van der Waals surface area contributed by atoms with Crippen LogP contribution in [-0.4, -0.2) is 78.1 Å². The Kier molecular flexibility index (Phi) is 9.36. The minimum atomic E-state index is -0.690. The second kappa shape index (κ2) is 11.2. The average molecular weight is 387 g/mol. The van der Waals surface area contributed by atoms with Gasteiger partial charge in [0.25, 0.3) is 0 Å². The Morgan fingerprint density at radius 1 is 1.31 bits per heavy atom. The quantitative estimate of drug-likeness (QED) is 0.514. The molecular weight excluding hydrogens is 348 g/mol. The van der Waals surface area contributed by atoms with E-state index in [1.807, 2.05) is 14.0 Å². The van der Waals surface area contributed by atoms with Crippen molar-refractivity contribution < 1.29 is 8.95 Å². The van der Waals surface area contributed by atoms with Crippen molar-refractivity contribution in [2.24, 2.45) is 10.9 Å². The molecule has 6 nitrogen and oxygen atoms in total. The van der Waals surface area contributed by atoms with Crippen LogP contribution in [0, 0.1) is 5.92 Å². The van der Waals surface area contributed by atoms with E-state index in [-0.39, 0.29) is 0 Å². The topological polar surface area (TPSA) is 66.0 Å². The zero-order valence-electron chi connectivity index (χ0n) is 17.0. The molecule has 2 rings (SSSR count). The summed E-state index contributed by atoms with van der Waals surface area (Å²) in [5.41, 5.74) is 0. The van der Waals surface area contributed by atoms with Crippen LogP contribution < -0.4 is 10.6 Å². The fourth-order valence-corrected chi connectivity index (χ4v) is 5.38. The number of aliphatic imine (C=N–C) groups is 1. The maximum atomic E-state index is 12.2. The summed E-state index contributed by atoms with van der Waals surface area (Å²) in [5.74, 6) is 2.21. The van der Waals surface area contributed by atoms with Crippen LogP contribution in [0.25, 0.3) is 0 Å². The zero-order valence-corrected chi connectivity index (χ0v) is 17.8. The van der Waals surface area contributed by atoms with Crippen LogP contribution in [0.2, 0.25) is 0 Å². The van der Waals surface area contributed by atoms with Crippen molar-refractivity contribution in [3.05, 3.63) is 0 Å². The molecule has 7 heteroatoms. The lowest BCUT2D eigenvalue weighted by molar-refractivity contribution is 0.00751. The third kappa shape index (κ3) is 6.50. The molecule has 152 valence electrons. The molecule has 0 aromatic carbocycles. The van der Waals surface area contributed by atoms with Gasteiger partial charge in [0.1, 0.15) is 0 Å². The smallest absolute Gasteiger partial charge is 0.191 e. The summed E-state index contributed by atoms with van der Waals surface area (Å²) >= 11 is 0. The van der Waals surface area contributed by atoms with Crippen molar-refractivity contribution in [1.82, 2.24) is 15.5 Å². The maximum absolute atomic E-state index is 12.2. The molecule has 1 heterocycles. The van der Waals surface area contributed by atoms with Gasteiger partial charge in [0.2, 0.25) is 0 Å². The highest BCUT2D eigenvalue weighted by atomic mass is 32.2. The molecular formula is C19H38N4O2S. The van der Waals surface area contributed by atoms with Crippen molar-refractivity contribution in [2.75, 3.05) is 45.6 Å². The fourth-order valence-electron chi connectivity index (χ4n) is 4.04. The van der Waals surface area contributed by atoms with Crippen molar-refractivity contribution in [1.29, 1.82) is 0 Å². The summed E-state index contributed by atoms with van der Waals surface area (Å²) in [6.07, 6.45) is 4.36. The first-order chi connectivity index (χ1) is 12.5. The van der Waals surface area contributed by atoms with E-state index in [1.165, 1.54) is 0 Å². The first-order valence-electron chi connectivity index (χ1n) is 10.2. The van der Waals surface area contributed by atoms with E-state index in [0.29, 0.717) is 23.3 Å². The Bertz CT molecular complexity index is 466. The van der Waals surface area contributed by atoms with Gasteiger partial charge in [0.15, 0.2) is 5.96 Å². The van der Waals surface area contributed by atoms with Crippen LogP contribution in [0.5, 0.6) is 0 Å². The molecule has 2 N–H and O–H groups in total. The lowest BCUT2D eigenvalue weighted by Crippen LogP contribution is -2.54. The molecule has 1 aliphatic heterocycles. The van der Waals surface area contributed by atoms with E-state index in [4.69, 9.17) is 4.74 Å². The minimum absolute atomic E-state index is 0.334. The van der Waals surface area contributed by atoms with E-state index >= 15 is 0 Å². The highest BCUT2D eigenvalue weighted by Gasteiger charge is 2.27. The molecule has 2 fully saturated rings. The zero-order chi connectivity index (χ0) is 18.9. The molecule has 0 aromatic heterocycles. The highest BCUT2D eigenvalue weighted by Crippen LogP contribution is 2.23. The van der Waals surface area contributed by atoms with E-state index < -0.39 is 10.8 Å². The van der Waals surface area contributed by atoms with Gasteiger partial charge in [-0.05, 0) is 25.2 Å². The number of hydrogen-bond donors (Lipinski definition) is 2. The Labute approximate surface area is 162 Å². The minimum Gasteiger partial charge on any atom is -0.379 e. The second-order valence-electron chi connectivity index (χ2n) is 7.71. The Hall–Kier alpha value is -0.660. The first kappa shape index (κ1) is 21.6. The van der Waals surface area contributed by atoms with Crippen LogP contribution in [0.4, 0.5) is 0 Å². The first-order valence-corrected chi connectivity index (χ1v) is 11.6. The largest absolute Gasteiger partial charge is 0.379 e. The lowest BCUT2D eigenvalue weighted by atomic mass is 9.95. The molecule has 0 spiro atoms. The summed E-state index contributed by atoms with van der Waals surface area (Å²) in [4.78, 5) is 6.95. The number of morpholine rings is 1. The van der Waals surface area contributed by atoms with E-state index in [1.54, 1.807) is 0 Å². The highest BCUT2D eigenvalue weighted by molar-refractivity contribution is 7.85. The second-order valence-corrected chi connectivity index (χ2v) is 9.72. The van der Waals surface area contributed by atoms with Gasteiger partial charge >= 0.3 is 0 Å². The van der Waals surface area contributed by atoms with Crippen LogP contribution >= 0.6 is 0 Å². The van der Waals surface area contributed by atoms with Gasteiger partial charge in [-0.2, -0.15) is 0 Å². The molecule has 4 atom stereocenters.